The molecule has 0 aliphatic carbocycles. The Morgan fingerprint density at radius 2 is 1.45 bits per heavy atom. The fourth-order valence-electron chi connectivity index (χ4n) is 2.97. The average Bonchev–Trinajstić information content (AvgIpc) is 2.54. The van der Waals surface area contributed by atoms with E-state index in [-0.39, 0.29) is 18.0 Å². The summed E-state index contributed by atoms with van der Waals surface area (Å²) in [6, 6.07) is 17.3. The van der Waals surface area contributed by atoms with E-state index in [4.69, 9.17) is 4.74 Å². The Labute approximate surface area is 131 Å². The molecule has 0 spiro atoms. The number of rotatable bonds is 3. The van der Waals surface area contributed by atoms with Crippen molar-refractivity contribution in [1.29, 1.82) is 0 Å². The molecule has 3 nitrogen and oxygen atoms in total. The maximum absolute atomic E-state index is 12.4. The number of nitrogens with zero attached hydrogens (tertiary/aromatic N) is 1. The van der Waals surface area contributed by atoms with Crippen molar-refractivity contribution in [2.75, 3.05) is 18.0 Å². The van der Waals surface area contributed by atoms with Gasteiger partial charge >= 0.3 is 0 Å². The number of ether oxygens (including phenoxy) is 1. The van der Waals surface area contributed by atoms with Crippen LogP contribution in [0.15, 0.2) is 54.6 Å². The minimum Gasteiger partial charge on any atom is -0.372 e. The first-order valence-electron chi connectivity index (χ1n) is 7.73. The van der Waals surface area contributed by atoms with Gasteiger partial charge in [-0.15, -0.1) is 0 Å². The lowest BCUT2D eigenvalue weighted by atomic mass is 10.0. The molecule has 0 N–H and O–H groups in total. The Bertz CT molecular complexity index is 626. The molecule has 0 radical (unpaired) electrons. The zero-order valence-corrected chi connectivity index (χ0v) is 13.0. The number of anilines is 1. The standard InChI is InChI=1S/C19H21NO2/c1-14-12-20(13-15(2)22-14)18-10-8-17(9-11-18)19(21)16-6-4-3-5-7-16/h3-11,14-15H,12-13H2,1-2H3. The number of morpholine rings is 1. The largest absolute Gasteiger partial charge is 0.372 e. The molecule has 1 aliphatic rings. The molecular formula is C19H21NO2. The van der Waals surface area contributed by atoms with Crippen molar-refractivity contribution in [3.05, 3.63) is 65.7 Å². The summed E-state index contributed by atoms with van der Waals surface area (Å²) in [4.78, 5) is 14.7. The molecule has 3 rings (SSSR count). The van der Waals surface area contributed by atoms with Crippen molar-refractivity contribution in [1.82, 2.24) is 0 Å². The predicted molar refractivity (Wildman–Crippen MR) is 88.5 cm³/mol. The molecule has 114 valence electrons. The number of hydrogen-bond acceptors (Lipinski definition) is 3. The molecule has 3 heteroatoms. The molecule has 2 aromatic rings. The average molecular weight is 295 g/mol. The third-order valence-electron chi connectivity index (χ3n) is 3.95. The molecule has 1 saturated heterocycles. The maximum Gasteiger partial charge on any atom is 0.193 e. The molecule has 2 unspecified atom stereocenters. The second kappa shape index (κ2) is 6.32. The van der Waals surface area contributed by atoms with Crippen molar-refractivity contribution in [3.63, 3.8) is 0 Å². The highest BCUT2D eigenvalue weighted by atomic mass is 16.5. The molecule has 22 heavy (non-hydrogen) atoms. The van der Waals surface area contributed by atoms with Crippen LogP contribution in [0, 0.1) is 0 Å². The van der Waals surface area contributed by atoms with E-state index in [9.17, 15) is 4.79 Å². The van der Waals surface area contributed by atoms with Gasteiger partial charge in [-0.3, -0.25) is 4.79 Å². The van der Waals surface area contributed by atoms with Crippen molar-refractivity contribution < 1.29 is 9.53 Å². The summed E-state index contributed by atoms with van der Waals surface area (Å²) in [6.45, 7) is 5.96. The van der Waals surface area contributed by atoms with E-state index in [1.54, 1.807) is 0 Å². The lowest BCUT2D eigenvalue weighted by Gasteiger charge is -2.36. The smallest absolute Gasteiger partial charge is 0.193 e. The molecule has 1 fully saturated rings. The van der Waals surface area contributed by atoms with Crippen molar-refractivity contribution in [2.45, 2.75) is 26.1 Å². The van der Waals surface area contributed by atoms with Gasteiger partial charge in [-0.05, 0) is 38.1 Å². The first-order valence-corrected chi connectivity index (χ1v) is 7.73. The summed E-state index contributed by atoms with van der Waals surface area (Å²) in [7, 11) is 0. The monoisotopic (exact) mass is 295 g/mol. The fourth-order valence-corrected chi connectivity index (χ4v) is 2.97. The predicted octanol–water partition coefficient (Wildman–Crippen LogP) is 3.53. The zero-order valence-electron chi connectivity index (χ0n) is 13.0. The molecule has 2 aromatic carbocycles. The number of ketones is 1. The Balaban J connectivity index is 1.77. The van der Waals surface area contributed by atoms with E-state index in [1.165, 1.54) is 0 Å². The van der Waals surface area contributed by atoms with Gasteiger partial charge in [0.25, 0.3) is 0 Å². The van der Waals surface area contributed by atoms with E-state index >= 15 is 0 Å². The SMILES string of the molecule is CC1CN(c2ccc(C(=O)c3ccccc3)cc2)CC(C)O1. The first-order chi connectivity index (χ1) is 10.6. The second-order valence-electron chi connectivity index (χ2n) is 5.90. The van der Waals surface area contributed by atoms with Crippen LogP contribution in [0.1, 0.15) is 29.8 Å². The molecular weight excluding hydrogens is 274 g/mol. The van der Waals surface area contributed by atoms with Crippen LogP contribution in [0.3, 0.4) is 0 Å². The number of hydrogen-bond donors (Lipinski definition) is 0. The molecule has 0 saturated carbocycles. The van der Waals surface area contributed by atoms with Gasteiger partial charge in [0.2, 0.25) is 0 Å². The van der Waals surface area contributed by atoms with Crippen LogP contribution in [0.2, 0.25) is 0 Å². The third-order valence-corrected chi connectivity index (χ3v) is 3.95. The van der Waals surface area contributed by atoms with Crippen LogP contribution in [0.5, 0.6) is 0 Å². The van der Waals surface area contributed by atoms with Gasteiger partial charge in [-0.25, -0.2) is 0 Å². The molecule has 0 bridgehead atoms. The summed E-state index contributed by atoms with van der Waals surface area (Å²) < 4.78 is 5.76. The Morgan fingerprint density at radius 1 is 0.909 bits per heavy atom. The topological polar surface area (TPSA) is 29.5 Å². The van der Waals surface area contributed by atoms with Crippen LogP contribution >= 0.6 is 0 Å². The summed E-state index contributed by atoms with van der Waals surface area (Å²) in [6.07, 6.45) is 0.462. The van der Waals surface area contributed by atoms with Gasteiger partial charge in [0.1, 0.15) is 0 Å². The van der Waals surface area contributed by atoms with E-state index in [0.29, 0.717) is 0 Å². The van der Waals surface area contributed by atoms with Gasteiger partial charge in [-0.2, -0.15) is 0 Å². The Kier molecular flexibility index (Phi) is 4.25. The lowest BCUT2D eigenvalue weighted by molar-refractivity contribution is -0.00522. The summed E-state index contributed by atoms with van der Waals surface area (Å²) in [5.74, 6) is 0.0656. The molecule has 1 heterocycles. The van der Waals surface area contributed by atoms with Gasteiger partial charge < -0.3 is 9.64 Å². The van der Waals surface area contributed by atoms with Crippen molar-refractivity contribution >= 4 is 11.5 Å². The highest BCUT2D eigenvalue weighted by Gasteiger charge is 2.22. The highest BCUT2D eigenvalue weighted by Crippen LogP contribution is 2.21. The summed E-state index contributed by atoms with van der Waals surface area (Å²) >= 11 is 0. The molecule has 1 aliphatic heterocycles. The van der Waals surface area contributed by atoms with Crippen molar-refractivity contribution in [2.24, 2.45) is 0 Å². The highest BCUT2D eigenvalue weighted by molar-refractivity contribution is 6.09. The van der Waals surface area contributed by atoms with E-state index in [0.717, 1.165) is 29.9 Å². The number of benzene rings is 2. The summed E-state index contributed by atoms with van der Waals surface area (Å²) in [5.41, 5.74) is 2.60. The molecule has 0 amide bonds. The zero-order chi connectivity index (χ0) is 15.5. The van der Waals surface area contributed by atoms with Crippen LogP contribution in [-0.2, 0) is 4.74 Å². The van der Waals surface area contributed by atoms with Crippen LogP contribution < -0.4 is 4.90 Å². The van der Waals surface area contributed by atoms with Gasteiger partial charge in [0.15, 0.2) is 5.78 Å². The van der Waals surface area contributed by atoms with Crippen LogP contribution in [-0.4, -0.2) is 31.1 Å². The van der Waals surface area contributed by atoms with E-state index < -0.39 is 0 Å². The number of carbonyl (C=O) groups is 1. The second-order valence-corrected chi connectivity index (χ2v) is 5.90. The maximum atomic E-state index is 12.4. The minimum absolute atomic E-state index is 0.0656. The number of carbonyl (C=O) groups excluding carboxylic acids is 1. The third kappa shape index (κ3) is 3.20. The molecule has 0 aromatic heterocycles. The van der Waals surface area contributed by atoms with E-state index in [2.05, 4.69) is 18.7 Å². The molecule has 2 atom stereocenters. The van der Waals surface area contributed by atoms with Crippen LogP contribution in [0.25, 0.3) is 0 Å². The lowest BCUT2D eigenvalue weighted by Crippen LogP contribution is -2.45. The Hall–Kier alpha value is -2.13. The van der Waals surface area contributed by atoms with Crippen molar-refractivity contribution in [3.8, 4) is 0 Å². The normalized spacial score (nSPS) is 21.6. The Morgan fingerprint density at radius 3 is 2.05 bits per heavy atom. The van der Waals surface area contributed by atoms with Gasteiger partial charge in [-0.1, -0.05) is 30.3 Å². The van der Waals surface area contributed by atoms with Gasteiger partial charge in [0.05, 0.1) is 12.2 Å². The summed E-state index contributed by atoms with van der Waals surface area (Å²) in [5, 5.41) is 0. The van der Waals surface area contributed by atoms with Crippen LogP contribution in [0.4, 0.5) is 5.69 Å². The van der Waals surface area contributed by atoms with E-state index in [1.807, 2.05) is 54.6 Å². The van der Waals surface area contributed by atoms with Gasteiger partial charge in [0, 0.05) is 29.9 Å². The first kappa shape index (κ1) is 14.8. The minimum atomic E-state index is 0.0656. The fraction of sp³-hybridized carbons (Fsp3) is 0.316. The quantitative estimate of drug-likeness (QED) is 0.811.